The van der Waals surface area contributed by atoms with E-state index < -0.39 is 6.61 Å². The van der Waals surface area contributed by atoms with E-state index in [9.17, 15) is 13.6 Å². The van der Waals surface area contributed by atoms with Gasteiger partial charge in [-0.3, -0.25) is 4.79 Å². The second-order valence-electron chi connectivity index (χ2n) is 16.1. The largest absolute Gasteiger partial charge is 0.496 e. The van der Waals surface area contributed by atoms with Gasteiger partial charge in [-0.25, -0.2) is 0 Å². The first-order valence-corrected chi connectivity index (χ1v) is 17.5. The molecule has 4 rings (SSSR count). The Hall–Kier alpha value is -3.90. The predicted molar refractivity (Wildman–Crippen MR) is 210 cm³/mol. The third kappa shape index (κ3) is 16.3. The molecule has 0 aliphatic rings. The summed E-state index contributed by atoms with van der Waals surface area (Å²) in [7, 11) is 1.71. The maximum atomic E-state index is 12.1. The molecule has 4 nitrogen and oxygen atoms in total. The fourth-order valence-electron chi connectivity index (χ4n) is 4.95. The summed E-state index contributed by atoms with van der Waals surface area (Å²) in [5, 5.41) is 0.861. The van der Waals surface area contributed by atoms with Gasteiger partial charge in [-0.15, -0.1) is 0 Å². The van der Waals surface area contributed by atoms with Gasteiger partial charge in [0, 0.05) is 17.5 Å². The lowest BCUT2D eigenvalue weighted by atomic mass is 9.86. The smallest absolute Gasteiger partial charge is 0.387 e. The Balaban J connectivity index is 0.000000342. The van der Waals surface area contributed by atoms with Crippen molar-refractivity contribution >= 4 is 17.6 Å². The maximum absolute atomic E-state index is 12.1. The highest BCUT2D eigenvalue weighted by molar-refractivity contribution is 6.31. The zero-order chi connectivity index (χ0) is 39.2. The minimum absolute atomic E-state index is 0.00789. The molecule has 4 aromatic carbocycles. The number of esters is 1. The monoisotopic (exact) mass is 724 g/mol. The molecule has 0 saturated heterocycles. The molecule has 4 aromatic rings. The summed E-state index contributed by atoms with van der Waals surface area (Å²) in [6, 6.07) is 30.6. The molecular formula is C44H59ClF2O4. The van der Waals surface area contributed by atoms with Crippen molar-refractivity contribution in [3.8, 4) is 17.2 Å². The molecule has 0 heterocycles. The van der Waals surface area contributed by atoms with Crippen molar-refractivity contribution in [1.29, 1.82) is 0 Å². The van der Waals surface area contributed by atoms with Crippen LogP contribution >= 0.6 is 11.6 Å². The van der Waals surface area contributed by atoms with Crippen LogP contribution in [0.1, 0.15) is 112 Å². The molecule has 0 amide bonds. The Morgan fingerprint density at radius 2 is 0.843 bits per heavy atom. The second kappa shape index (κ2) is 19.6. The second-order valence-corrected chi connectivity index (χ2v) is 16.6. The van der Waals surface area contributed by atoms with Gasteiger partial charge in [0.15, 0.2) is 0 Å². The third-order valence-electron chi connectivity index (χ3n) is 7.46. The van der Waals surface area contributed by atoms with Crippen LogP contribution in [0.4, 0.5) is 8.78 Å². The van der Waals surface area contributed by atoms with E-state index in [4.69, 9.17) is 21.1 Å². The van der Waals surface area contributed by atoms with E-state index in [2.05, 4.69) is 79.2 Å². The minimum atomic E-state index is -2.77. The zero-order valence-corrected chi connectivity index (χ0v) is 33.8. The molecule has 0 atom stereocenters. The molecule has 0 spiro atoms. The van der Waals surface area contributed by atoms with Crippen molar-refractivity contribution in [2.75, 3.05) is 7.11 Å². The van der Waals surface area contributed by atoms with Crippen molar-refractivity contribution < 1.29 is 27.8 Å². The Labute approximate surface area is 311 Å². The van der Waals surface area contributed by atoms with E-state index in [0.29, 0.717) is 5.75 Å². The summed E-state index contributed by atoms with van der Waals surface area (Å²) in [4.78, 5) is 10.9. The van der Waals surface area contributed by atoms with E-state index in [1.54, 1.807) is 25.3 Å². The quantitative estimate of drug-likeness (QED) is 0.155. The number of ether oxygens (including phenoxy) is 3. The van der Waals surface area contributed by atoms with E-state index in [-0.39, 0.29) is 33.4 Å². The normalized spacial score (nSPS) is 11.5. The molecule has 0 bridgehead atoms. The number of carbonyl (C=O) groups is 1. The fourth-order valence-corrected chi connectivity index (χ4v) is 5.37. The number of para-hydroxylation sites is 3. The molecule has 7 heteroatoms. The lowest BCUT2D eigenvalue weighted by molar-refractivity contribution is -0.131. The number of methoxy groups -OCH3 is 1. The van der Waals surface area contributed by atoms with Crippen molar-refractivity contribution in [2.24, 2.45) is 0 Å². The molecule has 280 valence electrons. The highest BCUT2D eigenvalue weighted by Crippen LogP contribution is 2.33. The maximum Gasteiger partial charge on any atom is 0.387 e. The summed E-state index contributed by atoms with van der Waals surface area (Å²) < 4.78 is 39.0. The molecule has 51 heavy (non-hydrogen) atoms. The van der Waals surface area contributed by atoms with Crippen LogP contribution in [0.15, 0.2) is 97.1 Å². The van der Waals surface area contributed by atoms with Crippen LogP contribution < -0.4 is 14.2 Å². The zero-order valence-electron chi connectivity index (χ0n) is 33.1. The van der Waals surface area contributed by atoms with Gasteiger partial charge in [0.2, 0.25) is 0 Å². The van der Waals surface area contributed by atoms with Crippen LogP contribution in [-0.4, -0.2) is 19.7 Å². The van der Waals surface area contributed by atoms with Crippen molar-refractivity contribution in [2.45, 2.75) is 118 Å². The Kier molecular flexibility index (Phi) is 17.4. The molecule has 0 unspecified atom stereocenters. The fraction of sp³-hybridized carbons (Fsp3) is 0.432. The SMILES string of the molecule is CC(=O)Oc1ccccc1C(C)(C)C.CC(C)(C)c1ccccc1Cl.CC(C)(C)c1ccccc1OC(F)F.COc1ccccc1C(C)(C)C. The van der Waals surface area contributed by atoms with E-state index >= 15 is 0 Å². The average molecular weight is 725 g/mol. The van der Waals surface area contributed by atoms with Gasteiger partial charge >= 0.3 is 12.6 Å². The lowest BCUT2D eigenvalue weighted by Gasteiger charge is -2.22. The minimum Gasteiger partial charge on any atom is -0.496 e. The molecule has 0 fully saturated rings. The summed E-state index contributed by atoms with van der Waals surface area (Å²) in [6.07, 6.45) is 0. The summed E-state index contributed by atoms with van der Waals surface area (Å²) in [5.41, 5.74) is 4.42. The lowest BCUT2D eigenvalue weighted by Crippen LogP contribution is -2.14. The van der Waals surface area contributed by atoms with Crippen LogP contribution in [0.25, 0.3) is 0 Å². The van der Waals surface area contributed by atoms with Gasteiger partial charge in [-0.1, -0.05) is 167 Å². The van der Waals surface area contributed by atoms with Gasteiger partial charge < -0.3 is 14.2 Å². The third-order valence-corrected chi connectivity index (χ3v) is 7.79. The predicted octanol–water partition coefficient (Wildman–Crippen LogP) is 13.1. The van der Waals surface area contributed by atoms with Crippen LogP contribution in [0.5, 0.6) is 17.2 Å². The number of hydrogen-bond donors (Lipinski definition) is 0. The number of halogens is 3. The van der Waals surface area contributed by atoms with Crippen LogP contribution in [0.3, 0.4) is 0 Å². The summed E-state index contributed by atoms with van der Waals surface area (Å²) in [6.45, 7) is 23.8. The van der Waals surface area contributed by atoms with Crippen LogP contribution in [-0.2, 0) is 26.5 Å². The van der Waals surface area contributed by atoms with E-state index in [1.165, 1.54) is 18.1 Å². The van der Waals surface area contributed by atoms with Crippen LogP contribution in [0, 0.1) is 0 Å². The number of rotatable bonds is 4. The highest BCUT2D eigenvalue weighted by atomic mass is 35.5. The summed E-state index contributed by atoms with van der Waals surface area (Å²) in [5.74, 6) is 1.62. The first-order valence-electron chi connectivity index (χ1n) is 17.1. The Morgan fingerprint density at radius 3 is 1.16 bits per heavy atom. The molecule has 0 aliphatic carbocycles. The first kappa shape index (κ1) is 45.1. The van der Waals surface area contributed by atoms with Crippen molar-refractivity contribution in [1.82, 2.24) is 0 Å². The number of benzene rings is 4. The number of carbonyl (C=O) groups excluding carboxylic acids is 1. The molecular weight excluding hydrogens is 666 g/mol. The van der Waals surface area contributed by atoms with Gasteiger partial charge in [0.1, 0.15) is 17.2 Å². The molecule has 0 aromatic heterocycles. The first-order chi connectivity index (χ1) is 23.4. The molecule has 0 aliphatic heterocycles. The topological polar surface area (TPSA) is 44.8 Å². The van der Waals surface area contributed by atoms with Gasteiger partial charge in [0.25, 0.3) is 0 Å². The van der Waals surface area contributed by atoms with E-state index in [0.717, 1.165) is 21.9 Å². The average Bonchev–Trinajstić information content (AvgIpc) is 3.00. The van der Waals surface area contributed by atoms with E-state index in [1.807, 2.05) is 87.5 Å². The van der Waals surface area contributed by atoms with Crippen molar-refractivity contribution in [3.05, 3.63) is 124 Å². The standard InChI is InChI=1S/C12H16O2.C11H14F2O.C11H16O.C10H13Cl/c1-9(13)14-11-8-6-5-7-10(11)12(2,3)4;1-11(2,3)8-6-4-5-7-9(8)14-10(12)13;1-11(2,3)9-7-5-6-8-10(9)12-4;1-10(2,3)8-6-4-5-7-9(8)11/h5-8H,1-4H3;4-7,10H,1-3H3;5-8H,1-4H3;4-7H,1-3H3. The Morgan fingerprint density at radius 1 is 0.529 bits per heavy atom. The number of alkyl halides is 2. The Bertz CT molecular complexity index is 1640. The highest BCUT2D eigenvalue weighted by Gasteiger charge is 2.21. The molecule has 0 N–H and O–H groups in total. The van der Waals surface area contributed by atoms with Crippen molar-refractivity contribution in [3.63, 3.8) is 0 Å². The number of hydrogen-bond acceptors (Lipinski definition) is 4. The van der Waals surface area contributed by atoms with Gasteiger partial charge in [-0.2, -0.15) is 8.78 Å². The van der Waals surface area contributed by atoms with Crippen LogP contribution in [0.2, 0.25) is 5.02 Å². The van der Waals surface area contributed by atoms with Gasteiger partial charge in [0.05, 0.1) is 7.11 Å². The molecule has 0 saturated carbocycles. The van der Waals surface area contributed by atoms with Gasteiger partial charge in [-0.05, 0) is 62.6 Å². The summed E-state index contributed by atoms with van der Waals surface area (Å²) >= 11 is 6.01. The molecule has 0 radical (unpaired) electrons.